The minimum absolute atomic E-state index is 0.144. The van der Waals surface area contributed by atoms with Crippen LogP contribution in [0, 0.1) is 20.8 Å². The van der Waals surface area contributed by atoms with Gasteiger partial charge in [0.1, 0.15) is 23.8 Å². The third-order valence-electron chi connectivity index (χ3n) is 3.83. The van der Waals surface area contributed by atoms with E-state index in [1.54, 1.807) is 6.92 Å². The van der Waals surface area contributed by atoms with E-state index < -0.39 is 5.97 Å². The number of hydrogen-bond acceptors (Lipinski definition) is 7. The van der Waals surface area contributed by atoms with Crippen molar-refractivity contribution in [2.24, 2.45) is 0 Å². The van der Waals surface area contributed by atoms with Crippen molar-refractivity contribution in [3.8, 4) is 0 Å². The van der Waals surface area contributed by atoms with Gasteiger partial charge in [0.15, 0.2) is 0 Å². The molecule has 0 atom stereocenters. The molecule has 2 rings (SSSR count). The molecule has 0 unspecified atom stereocenters. The molecule has 0 spiro atoms. The highest BCUT2D eigenvalue weighted by molar-refractivity contribution is 7.18. The van der Waals surface area contributed by atoms with Crippen molar-refractivity contribution in [1.29, 1.82) is 0 Å². The summed E-state index contributed by atoms with van der Waals surface area (Å²) in [6.45, 7) is 9.40. The Bertz CT molecular complexity index is 796. The van der Waals surface area contributed by atoms with Crippen LogP contribution >= 0.6 is 11.3 Å². The summed E-state index contributed by atoms with van der Waals surface area (Å²) in [6, 6.07) is 0. The highest BCUT2D eigenvalue weighted by Gasteiger charge is 2.16. The lowest BCUT2D eigenvalue weighted by Crippen LogP contribution is -2.28. The first-order chi connectivity index (χ1) is 12.0. The third-order valence-corrected chi connectivity index (χ3v) is 4.93. The fourth-order valence-electron chi connectivity index (χ4n) is 2.37. The quantitative estimate of drug-likeness (QED) is 0.497. The molecular weight excluding hydrogens is 344 g/mol. The summed E-state index contributed by atoms with van der Waals surface area (Å²) < 4.78 is 16.9. The number of aromatic nitrogens is 2. The van der Waals surface area contributed by atoms with Gasteiger partial charge in [-0.2, -0.15) is 0 Å². The van der Waals surface area contributed by atoms with Gasteiger partial charge in [-0.1, -0.05) is 0 Å². The smallest absolute Gasteiger partial charge is 0.326 e. The van der Waals surface area contributed by atoms with Gasteiger partial charge in [-0.3, -0.25) is 14.2 Å². The zero-order valence-electron chi connectivity index (χ0n) is 15.1. The number of hydrogen-bond donors (Lipinski definition) is 0. The van der Waals surface area contributed by atoms with Crippen LogP contribution in [0.2, 0.25) is 0 Å². The van der Waals surface area contributed by atoms with Crippen LogP contribution in [0.3, 0.4) is 0 Å². The van der Waals surface area contributed by atoms with E-state index in [1.165, 1.54) is 15.9 Å². The summed E-state index contributed by atoms with van der Waals surface area (Å²) in [5, 5.41) is 0.583. The zero-order chi connectivity index (χ0) is 18.4. The number of aryl methyl sites for hydroxylation is 3. The molecule has 138 valence electrons. The van der Waals surface area contributed by atoms with Crippen molar-refractivity contribution < 1.29 is 19.0 Å². The van der Waals surface area contributed by atoms with Crippen LogP contribution in [-0.2, 0) is 25.5 Å². The van der Waals surface area contributed by atoms with Crippen LogP contribution in [0.5, 0.6) is 0 Å². The lowest BCUT2D eigenvalue weighted by atomic mass is 10.2. The molecule has 0 radical (unpaired) electrons. The van der Waals surface area contributed by atoms with Crippen LogP contribution in [0.4, 0.5) is 0 Å². The Kier molecular flexibility index (Phi) is 7.10. The molecule has 0 bridgehead atoms. The Balaban J connectivity index is 1.95. The first-order valence-corrected chi connectivity index (χ1v) is 9.05. The van der Waals surface area contributed by atoms with Crippen LogP contribution in [-0.4, -0.2) is 48.6 Å². The van der Waals surface area contributed by atoms with E-state index >= 15 is 0 Å². The molecule has 0 aliphatic rings. The number of fused-ring (bicyclic) bond motifs is 1. The summed E-state index contributed by atoms with van der Waals surface area (Å²) in [4.78, 5) is 30.9. The van der Waals surface area contributed by atoms with Crippen molar-refractivity contribution in [3.63, 3.8) is 0 Å². The Morgan fingerprint density at radius 3 is 2.52 bits per heavy atom. The predicted octanol–water partition coefficient (Wildman–Crippen LogP) is 1.98. The van der Waals surface area contributed by atoms with Gasteiger partial charge < -0.3 is 14.2 Å². The van der Waals surface area contributed by atoms with Crippen LogP contribution < -0.4 is 5.56 Å². The number of carbonyl (C=O) groups is 1. The second kappa shape index (κ2) is 9.07. The minimum Gasteiger partial charge on any atom is -0.462 e. The van der Waals surface area contributed by atoms with Crippen LogP contribution in [0.15, 0.2) is 4.79 Å². The van der Waals surface area contributed by atoms with E-state index in [-0.39, 0.29) is 18.7 Å². The molecule has 0 N–H and O–H groups in total. The molecule has 0 saturated carbocycles. The van der Waals surface area contributed by atoms with E-state index in [9.17, 15) is 9.59 Å². The number of rotatable bonds is 9. The summed E-state index contributed by atoms with van der Waals surface area (Å²) in [5.74, 6) is 0.0213. The third kappa shape index (κ3) is 4.87. The Hall–Kier alpha value is -1.77. The molecule has 0 saturated heterocycles. The highest BCUT2D eigenvalue weighted by atomic mass is 32.1. The van der Waals surface area contributed by atoms with Gasteiger partial charge in [0.2, 0.25) is 0 Å². The summed E-state index contributed by atoms with van der Waals surface area (Å²) in [6.07, 6.45) is 0. The van der Waals surface area contributed by atoms with Gasteiger partial charge >= 0.3 is 5.97 Å². The standard InChI is InChI=1S/C17H24N2O5S/c1-5-22-6-7-23-8-9-24-14(20)10-19-13(4)18-16-15(17(19)21)11(2)12(3)25-16/h5-10H2,1-4H3. The second-order valence-electron chi connectivity index (χ2n) is 5.54. The number of nitrogens with zero attached hydrogens (tertiary/aromatic N) is 2. The fourth-order valence-corrected chi connectivity index (χ4v) is 3.43. The molecule has 8 heteroatoms. The average Bonchev–Trinajstić information content (AvgIpc) is 2.85. The molecule has 25 heavy (non-hydrogen) atoms. The number of ether oxygens (including phenoxy) is 3. The van der Waals surface area contributed by atoms with E-state index in [0.717, 1.165) is 10.4 Å². The molecule has 0 aliphatic heterocycles. The second-order valence-corrected chi connectivity index (χ2v) is 6.75. The molecule has 7 nitrogen and oxygen atoms in total. The monoisotopic (exact) mass is 368 g/mol. The van der Waals surface area contributed by atoms with E-state index in [2.05, 4.69) is 4.98 Å². The summed E-state index contributed by atoms with van der Waals surface area (Å²) in [7, 11) is 0. The van der Waals surface area contributed by atoms with Crippen molar-refractivity contribution >= 4 is 27.5 Å². The molecule has 0 amide bonds. The van der Waals surface area contributed by atoms with Crippen molar-refractivity contribution in [1.82, 2.24) is 9.55 Å². The van der Waals surface area contributed by atoms with Crippen molar-refractivity contribution in [2.75, 3.05) is 33.0 Å². The number of thiophene rings is 1. The SMILES string of the molecule is CCOCCOCCOC(=O)Cn1c(C)nc2sc(C)c(C)c2c1=O. The van der Waals surface area contributed by atoms with Gasteiger partial charge in [0, 0.05) is 11.5 Å². The largest absolute Gasteiger partial charge is 0.462 e. The molecule has 2 aromatic heterocycles. The minimum atomic E-state index is -0.482. The van der Waals surface area contributed by atoms with Crippen LogP contribution in [0.1, 0.15) is 23.2 Å². The normalized spacial score (nSPS) is 11.2. The van der Waals surface area contributed by atoms with Gasteiger partial charge in [0.25, 0.3) is 5.56 Å². The lowest BCUT2D eigenvalue weighted by molar-refractivity contribution is -0.146. The van der Waals surface area contributed by atoms with E-state index in [4.69, 9.17) is 14.2 Å². The van der Waals surface area contributed by atoms with Gasteiger partial charge in [-0.25, -0.2) is 4.98 Å². The number of carbonyl (C=O) groups excluding carboxylic acids is 1. The molecular formula is C17H24N2O5S. The van der Waals surface area contributed by atoms with E-state index in [0.29, 0.717) is 42.5 Å². The summed E-state index contributed by atoms with van der Waals surface area (Å²) in [5.41, 5.74) is 0.719. The van der Waals surface area contributed by atoms with Gasteiger partial charge in [0.05, 0.1) is 25.2 Å². The highest BCUT2D eigenvalue weighted by Crippen LogP contribution is 2.26. The molecule has 0 aromatic carbocycles. The maximum atomic E-state index is 12.7. The maximum Gasteiger partial charge on any atom is 0.326 e. The maximum absolute atomic E-state index is 12.7. The lowest BCUT2D eigenvalue weighted by Gasteiger charge is -2.10. The molecule has 0 aliphatic carbocycles. The zero-order valence-corrected chi connectivity index (χ0v) is 15.9. The average molecular weight is 368 g/mol. The first kappa shape index (κ1) is 19.6. The van der Waals surface area contributed by atoms with Gasteiger partial charge in [-0.05, 0) is 33.3 Å². The topological polar surface area (TPSA) is 79.7 Å². The van der Waals surface area contributed by atoms with Crippen molar-refractivity contribution in [2.45, 2.75) is 34.2 Å². The summed E-state index contributed by atoms with van der Waals surface area (Å²) >= 11 is 1.49. The first-order valence-electron chi connectivity index (χ1n) is 8.24. The van der Waals surface area contributed by atoms with Crippen LogP contribution in [0.25, 0.3) is 10.2 Å². The predicted molar refractivity (Wildman–Crippen MR) is 96.4 cm³/mol. The molecule has 2 heterocycles. The van der Waals surface area contributed by atoms with Crippen molar-refractivity contribution in [3.05, 3.63) is 26.6 Å². The number of esters is 1. The molecule has 2 aromatic rings. The van der Waals surface area contributed by atoms with E-state index in [1.807, 2.05) is 20.8 Å². The Morgan fingerprint density at radius 1 is 1.12 bits per heavy atom. The molecule has 0 fully saturated rings. The van der Waals surface area contributed by atoms with Gasteiger partial charge in [-0.15, -0.1) is 11.3 Å². The Morgan fingerprint density at radius 2 is 1.80 bits per heavy atom. The fraction of sp³-hybridized carbons (Fsp3) is 0.588. The Labute approximate surface area is 150 Å².